The summed E-state index contributed by atoms with van der Waals surface area (Å²) < 4.78 is 5.74. The molecule has 0 saturated carbocycles. The smallest absolute Gasteiger partial charge is 0.245 e. The normalized spacial score (nSPS) is 22.6. The number of likely N-dealkylation sites (N-methyl/N-ethyl adjacent to an activating group) is 1. The zero-order valence-electron chi connectivity index (χ0n) is 14.8. The van der Waals surface area contributed by atoms with E-state index in [9.17, 15) is 4.79 Å². The van der Waals surface area contributed by atoms with Gasteiger partial charge in [-0.15, -0.1) is 12.3 Å². The molecule has 1 amide bonds. The van der Waals surface area contributed by atoms with E-state index in [2.05, 4.69) is 21.5 Å². The molecule has 0 aromatic heterocycles. The van der Waals surface area contributed by atoms with E-state index in [4.69, 9.17) is 11.2 Å². The van der Waals surface area contributed by atoms with E-state index in [0.717, 1.165) is 17.7 Å². The molecule has 0 spiro atoms. The summed E-state index contributed by atoms with van der Waals surface area (Å²) >= 11 is 0. The highest BCUT2D eigenvalue weighted by atomic mass is 16.5. The third-order valence-electron chi connectivity index (χ3n) is 5.06. The highest BCUT2D eigenvalue weighted by Gasteiger charge is 2.47. The number of para-hydroxylation sites is 1. The second kappa shape index (κ2) is 6.85. The van der Waals surface area contributed by atoms with Gasteiger partial charge in [0, 0.05) is 37.8 Å². The van der Waals surface area contributed by atoms with Gasteiger partial charge in [-0.05, 0) is 20.2 Å². The van der Waals surface area contributed by atoms with Gasteiger partial charge in [-0.1, -0.05) is 18.2 Å². The first-order valence-corrected chi connectivity index (χ1v) is 8.60. The Balaban J connectivity index is 1.70. The SMILES string of the molecule is C#CCCC1(CCNC(=O)C2(N(C)C)CCOc3ccccc32)N=N1. The first-order valence-electron chi connectivity index (χ1n) is 8.60. The lowest BCUT2D eigenvalue weighted by molar-refractivity contribution is -0.134. The number of hydrogen-bond acceptors (Lipinski definition) is 5. The molecule has 132 valence electrons. The van der Waals surface area contributed by atoms with Crippen LogP contribution in [0.15, 0.2) is 34.5 Å². The summed E-state index contributed by atoms with van der Waals surface area (Å²) in [7, 11) is 3.86. The molecule has 1 aromatic rings. The Bertz CT molecular complexity index is 716. The van der Waals surface area contributed by atoms with Crippen LogP contribution in [0.4, 0.5) is 0 Å². The largest absolute Gasteiger partial charge is 0.493 e. The Hall–Kier alpha value is -2.39. The van der Waals surface area contributed by atoms with Gasteiger partial charge in [-0.2, -0.15) is 10.2 Å². The molecule has 1 N–H and O–H groups in total. The highest BCUT2D eigenvalue weighted by Crippen LogP contribution is 2.41. The molecule has 25 heavy (non-hydrogen) atoms. The lowest BCUT2D eigenvalue weighted by Gasteiger charge is -2.42. The van der Waals surface area contributed by atoms with Gasteiger partial charge in [-0.3, -0.25) is 9.69 Å². The second-order valence-corrected chi connectivity index (χ2v) is 6.74. The zero-order valence-corrected chi connectivity index (χ0v) is 14.8. The molecular formula is C19H24N4O2. The number of rotatable bonds is 7. The van der Waals surface area contributed by atoms with Gasteiger partial charge in [0.1, 0.15) is 11.3 Å². The molecule has 1 aromatic carbocycles. The maximum atomic E-state index is 13.1. The minimum Gasteiger partial charge on any atom is -0.493 e. The minimum absolute atomic E-state index is 0.0130. The number of carbonyl (C=O) groups excluding carboxylic acids is 1. The minimum atomic E-state index is -0.724. The van der Waals surface area contributed by atoms with E-state index in [1.165, 1.54) is 0 Å². The van der Waals surface area contributed by atoms with Crippen molar-refractivity contribution in [1.29, 1.82) is 0 Å². The Labute approximate surface area is 148 Å². The van der Waals surface area contributed by atoms with Crippen LogP contribution in [0.5, 0.6) is 5.75 Å². The van der Waals surface area contributed by atoms with Crippen LogP contribution in [-0.2, 0) is 10.3 Å². The molecule has 6 nitrogen and oxygen atoms in total. The summed E-state index contributed by atoms with van der Waals surface area (Å²) in [6.45, 7) is 1.04. The molecule has 1 unspecified atom stereocenters. The summed E-state index contributed by atoms with van der Waals surface area (Å²) in [5.74, 6) is 3.38. The predicted molar refractivity (Wildman–Crippen MR) is 95.2 cm³/mol. The third-order valence-corrected chi connectivity index (χ3v) is 5.06. The number of hydrogen-bond donors (Lipinski definition) is 1. The van der Waals surface area contributed by atoms with Crippen molar-refractivity contribution in [2.45, 2.75) is 36.9 Å². The summed E-state index contributed by atoms with van der Waals surface area (Å²) in [6.07, 6.45) is 8.00. The van der Waals surface area contributed by atoms with Gasteiger partial charge in [0.15, 0.2) is 5.66 Å². The Kier molecular flexibility index (Phi) is 4.78. The fourth-order valence-corrected chi connectivity index (χ4v) is 3.47. The number of benzene rings is 1. The lowest BCUT2D eigenvalue weighted by Crippen LogP contribution is -2.56. The lowest BCUT2D eigenvalue weighted by atomic mass is 9.82. The van der Waals surface area contributed by atoms with Crippen molar-refractivity contribution in [3.8, 4) is 18.1 Å². The molecule has 1 atom stereocenters. The number of ether oxygens (including phenoxy) is 1. The zero-order chi connectivity index (χ0) is 17.9. The van der Waals surface area contributed by atoms with E-state index in [0.29, 0.717) is 32.4 Å². The highest BCUT2D eigenvalue weighted by molar-refractivity contribution is 5.88. The van der Waals surface area contributed by atoms with Crippen LogP contribution in [0.3, 0.4) is 0 Å². The number of nitrogens with zero attached hydrogens (tertiary/aromatic N) is 3. The summed E-state index contributed by atoms with van der Waals surface area (Å²) in [6, 6.07) is 7.74. The topological polar surface area (TPSA) is 66.3 Å². The van der Waals surface area contributed by atoms with Gasteiger partial charge >= 0.3 is 0 Å². The third kappa shape index (κ3) is 3.24. The van der Waals surface area contributed by atoms with Crippen LogP contribution in [0.1, 0.15) is 31.2 Å². The molecule has 0 bridgehead atoms. The average Bonchev–Trinajstić information content (AvgIpc) is 3.39. The van der Waals surface area contributed by atoms with Gasteiger partial charge in [0.05, 0.1) is 6.61 Å². The van der Waals surface area contributed by atoms with Crippen molar-refractivity contribution < 1.29 is 9.53 Å². The Morgan fingerprint density at radius 1 is 1.36 bits per heavy atom. The fourth-order valence-electron chi connectivity index (χ4n) is 3.47. The van der Waals surface area contributed by atoms with E-state index in [1.54, 1.807) is 0 Å². The molecule has 0 fully saturated rings. The standard InChI is InChI=1S/C19H24N4O2/c1-4-5-10-18(21-22-18)11-13-20-17(24)19(23(2)3)12-14-25-16-9-7-6-8-15(16)19/h1,6-9H,5,10-14H2,2-3H3,(H,20,24). The molecule has 3 rings (SSSR count). The number of carbonyl (C=O) groups is 1. The van der Waals surface area contributed by atoms with Crippen LogP contribution < -0.4 is 10.1 Å². The Morgan fingerprint density at radius 2 is 2.12 bits per heavy atom. The van der Waals surface area contributed by atoms with Gasteiger partial charge < -0.3 is 10.1 Å². The first kappa shape index (κ1) is 17.4. The van der Waals surface area contributed by atoms with Crippen molar-refractivity contribution in [1.82, 2.24) is 10.2 Å². The van der Waals surface area contributed by atoms with Gasteiger partial charge in [0.2, 0.25) is 5.91 Å². The number of terminal acetylenes is 1. The average molecular weight is 340 g/mol. The van der Waals surface area contributed by atoms with Gasteiger partial charge in [-0.25, -0.2) is 0 Å². The summed E-state index contributed by atoms with van der Waals surface area (Å²) in [5, 5.41) is 11.3. The fraction of sp³-hybridized carbons (Fsp3) is 0.526. The summed E-state index contributed by atoms with van der Waals surface area (Å²) in [4.78, 5) is 15.1. The first-order chi connectivity index (χ1) is 12.0. The maximum Gasteiger partial charge on any atom is 0.245 e. The monoisotopic (exact) mass is 340 g/mol. The van der Waals surface area contributed by atoms with Crippen molar-refractivity contribution >= 4 is 5.91 Å². The molecule has 2 aliphatic rings. The summed E-state index contributed by atoms with van der Waals surface area (Å²) in [5.41, 5.74) is -0.191. The number of fused-ring (bicyclic) bond motifs is 1. The van der Waals surface area contributed by atoms with Crippen LogP contribution >= 0.6 is 0 Å². The quantitative estimate of drug-likeness (QED) is 0.775. The molecular weight excluding hydrogens is 316 g/mol. The Morgan fingerprint density at radius 3 is 2.80 bits per heavy atom. The number of nitrogens with one attached hydrogen (secondary N) is 1. The van der Waals surface area contributed by atoms with Crippen LogP contribution in [0.25, 0.3) is 0 Å². The van der Waals surface area contributed by atoms with E-state index >= 15 is 0 Å². The van der Waals surface area contributed by atoms with Crippen molar-refractivity contribution in [2.75, 3.05) is 27.2 Å². The van der Waals surface area contributed by atoms with Crippen LogP contribution in [-0.4, -0.2) is 43.7 Å². The second-order valence-electron chi connectivity index (χ2n) is 6.74. The van der Waals surface area contributed by atoms with Crippen LogP contribution in [0.2, 0.25) is 0 Å². The van der Waals surface area contributed by atoms with E-state index < -0.39 is 5.54 Å². The van der Waals surface area contributed by atoms with Crippen LogP contribution in [0, 0.1) is 12.3 Å². The molecule has 2 aliphatic heterocycles. The molecule has 0 radical (unpaired) electrons. The molecule has 0 saturated heterocycles. The van der Waals surface area contributed by atoms with E-state index in [-0.39, 0.29) is 11.6 Å². The maximum absolute atomic E-state index is 13.1. The molecule has 0 aliphatic carbocycles. The predicted octanol–water partition coefficient (Wildman–Crippen LogP) is 2.31. The molecule has 6 heteroatoms. The number of amides is 1. The van der Waals surface area contributed by atoms with Crippen molar-refractivity contribution in [2.24, 2.45) is 10.2 Å². The van der Waals surface area contributed by atoms with Crippen molar-refractivity contribution in [3.63, 3.8) is 0 Å². The molecule has 2 heterocycles. The van der Waals surface area contributed by atoms with Gasteiger partial charge in [0.25, 0.3) is 0 Å². The van der Waals surface area contributed by atoms with E-state index in [1.807, 2.05) is 43.3 Å². The van der Waals surface area contributed by atoms with Crippen molar-refractivity contribution in [3.05, 3.63) is 29.8 Å².